The Kier molecular flexibility index (Phi) is 6.27. The Balaban J connectivity index is 1.31. The minimum atomic E-state index is -3.42. The Morgan fingerprint density at radius 2 is 1.52 bits per heavy atom. The molecule has 3 atom stereocenters. The van der Waals surface area contributed by atoms with Crippen LogP contribution in [0.2, 0.25) is 0 Å². The van der Waals surface area contributed by atoms with E-state index in [1.54, 1.807) is 35.2 Å². The van der Waals surface area contributed by atoms with Crippen LogP contribution in [0.4, 0.5) is 4.79 Å². The maximum Gasteiger partial charge on any atom is 0.407 e. The van der Waals surface area contributed by atoms with Crippen molar-refractivity contribution in [1.82, 2.24) is 10.2 Å². The molecular weight excluding hydrogens is 416 g/mol. The highest BCUT2D eigenvalue weighted by Gasteiger charge is 2.47. The number of piperidine rings is 1. The Bertz CT molecular complexity index is 1010. The van der Waals surface area contributed by atoms with Crippen molar-refractivity contribution in [2.24, 2.45) is 0 Å². The predicted molar refractivity (Wildman–Crippen MR) is 115 cm³/mol. The summed E-state index contributed by atoms with van der Waals surface area (Å²) in [7, 11) is -3.42. The van der Waals surface area contributed by atoms with E-state index in [2.05, 4.69) is 5.32 Å². The van der Waals surface area contributed by atoms with Crippen molar-refractivity contribution in [2.75, 3.05) is 6.54 Å². The molecule has 7 nitrogen and oxygen atoms in total. The van der Waals surface area contributed by atoms with Crippen LogP contribution in [0.15, 0.2) is 65.6 Å². The van der Waals surface area contributed by atoms with Crippen LogP contribution in [0, 0.1) is 0 Å². The molecule has 8 heteroatoms. The number of carbonyl (C=O) groups excluding carboxylic acids is 2. The number of hydrogen-bond acceptors (Lipinski definition) is 5. The van der Waals surface area contributed by atoms with Crippen LogP contribution < -0.4 is 5.32 Å². The highest BCUT2D eigenvalue weighted by atomic mass is 32.2. The van der Waals surface area contributed by atoms with Gasteiger partial charge in [-0.25, -0.2) is 13.2 Å². The van der Waals surface area contributed by atoms with E-state index < -0.39 is 21.2 Å². The predicted octanol–water partition coefficient (Wildman–Crippen LogP) is 2.91. The summed E-state index contributed by atoms with van der Waals surface area (Å²) in [6, 6.07) is 17.6. The van der Waals surface area contributed by atoms with E-state index in [9.17, 15) is 18.0 Å². The summed E-state index contributed by atoms with van der Waals surface area (Å²) in [5.74, 6) is -0.195. The number of nitrogens with zero attached hydrogens (tertiary/aromatic N) is 1. The summed E-state index contributed by atoms with van der Waals surface area (Å²) in [6.07, 6.45) is 1.78. The lowest BCUT2D eigenvalue weighted by Gasteiger charge is -2.38. The van der Waals surface area contributed by atoms with Crippen LogP contribution in [0.3, 0.4) is 0 Å². The zero-order valence-electron chi connectivity index (χ0n) is 17.1. The molecule has 2 aromatic carbocycles. The van der Waals surface area contributed by atoms with Crippen molar-refractivity contribution in [2.45, 2.75) is 54.5 Å². The Hall–Kier alpha value is -2.87. The highest BCUT2D eigenvalue weighted by molar-refractivity contribution is 7.92. The van der Waals surface area contributed by atoms with Gasteiger partial charge in [0.1, 0.15) is 13.2 Å². The average Bonchev–Trinajstić information content (AvgIpc) is 3.06. The molecule has 1 N–H and O–H groups in total. The number of alkyl carbamates (subject to hydrolysis) is 1. The number of amides is 2. The lowest BCUT2D eigenvalue weighted by Crippen LogP contribution is -2.52. The lowest BCUT2D eigenvalue weighted by molar-refractivity contribution is -0.134. The smallest absolute Gasteiger partial charge is 0.407 e. The van der Waals surface area contributed by atoms with Crippen LogP contribution in [-0.2, 0) is 26.0 Å². The van der Waals surface area contributed by atoms with Gasteiger partial charge in [-0.05, 0) is 43.4 Å². The molecule has 164 valence electrons. The number of nitrogens with one attached hydrogen (secondary N) is 1. The van der Waals surface area contributed by atoms with Gasteiger partial charge in [-0.2, -0.15) is 0 Å². The monoisotopic (exact) mass is 442 g/mol. The van der Waals surface area contributed by atoms with Gasteiger partial charge in [0.2, 0.25) is 5.91 Å². The van der Waals surface area contributed by atoms with Crippen molar-refractivity contribution in [1.29, 1.82) is 0 Å². The Morgan fingerprint density at radius 1 is 0.935 bits per heavy atom. The van der Waals surface area contributed by atoms with Crippen LogP contribution in [0.5, 0.6) is 0 Å². The maximum absolute atomic E-state index is 13.0. The normalized spacial score (nSPS) is 22.7. The van der Waals surface area contributed by atoms with E-state index in [4.69, 9.17) is 4.74 Å². The second-order valence-corrected chi connectivity index (χ2v) is 10.3. The topological polar surface area (TPSA) is 92.8 Å². The van der Waals surface area contributed by atoms with Gasteiger partial charge in [-0.3, -0.25) is 4.79 Å². The lowest BCUT2D eigenvalue weighted by atomic mass is 10.0. The third-order valence-electron chi connectivity index (χ3n) is 6.09. The van der Waals surface area contributed by atoms with Gasteiger partial charge in [-0.15, -0.1) is 0 Å². The molecule has 4 rings (SSSR count). The second-order valence-electron chi connectivity index (χ2n) is 8.05. The second kappa shape index (κ2) is 9.09. The SMILES string of the molecule is O=C(NCC(=O)N1[C@@H]2CC[C@H]1CC(S(=O)(=O)c1ccccc1)C2)OCc1ccccc1. The van der Waals surface area contributed by atoms with Crippen molar-refractivity contribution in [3.8, 4) is 0 Å². The summed E-state index contributed by atoms with van der Waals surface area (Å²) in [5.41, 5.74) is 0.865. The number of benzene rings is 2. The van der Waals surface area contributed by atoms with Gasteiger partial charge in [0.15, 0.2) is 9.84 Å². The standard InChI is InChI=1S/C23H26N2O5S/c26-22(15-24-23(27)30-16-17-7-3-1-4-8-17)25-18-11-12-19(25)14-21(13-18)31(28,29)20-9-5-2-6-10-20/h1-10,18-19,21H,11-16H2,(H,24,27)/t18-,19+,21?. The third kappa shape index (κ3) is 4.74. The Morgan fingerprint density at radius 3 is 2.13 bits per heavy atom. The Labute approximate surface area is 182 Å². The molecule has 0 spiro atoms. The van der Waals surface area contributed by atoms with Gasteiger partial charge in [-0.1, -0.05) is 48.5 Å². The number of ether oxygens (including phenoxy) is 1. The first kappa shape index (κ1) is 21.4. The molecule has 0 radical (unpaired) electrons. The molecule has 2 aliphatic rings. The van der Waals surface area contributed by atoms with Crippen molar-refractivity contribution in [3.63, 3.8) is 0 Å². The first-order valence-electron chi connectivity index (χ1n) is 10.5. The number of sulfone groups is 1. The van der Waals surface area contributed by atoms with Gasteiger partial charge in [0.25, 0.3) is 0 Å². The van der Waals surface area contributed by atoms with E-state index >= 15 is 0 Å². The zero-order valence-corrected chi connectivity index (χ0v) is 18.0. The van der Waals surface area contributed by atoms with Crippen molar-refractivity contribution in [3.05, 3.63) is 66.2 Å². The van der Waals surface area contributed by atoms with E-state index in [1.807, 2.05) is 30.3 Å². The molecule has 2 bridgehead atoms. The average molecular weight is 443 g/mol. The number of hydrogen-bond donors (Lipinski definition) is 1. The molecule has 0 aliphatic carbocycles. The first-order chi connectivity index (χ1) is 14.9. The molecule has 2 saturated heterocycles. The van der Waals surface area contributed by atoms with Gasteiger partial charge in [0, 0.05) is 12.1 Å². The third-order valence-corrected chi connectivity index (χ3v) is 8.28. The molecule has 2 amide bonds. The molecule has 2 fully saturated rings. The van der Waals surface area contributed by atoms with Crippen LogP contribution in [-0.4, -0.2) is 49.2 Å². The van der Waals surface area contributed by atoms with Crippen molar-refractivity contribution >= 4 is 21.8 Å². The van der Waals surface area contributed by atoms with Crippen LogP contribution in [0.1, 0.15) is 31.2 Å². The fourth-order valence-corrected chi connectivity index (χ4v) is 6.48. The fraction of sp³-hybridized carbons (Fsp3) is 0.391. The van der Waals surface area contributed by atoms with Gasteiger partial charge < -0.3 is 15.0 Å². The summed E-state index contributed by atoms with van der Waals surface area (Å²) < 4.78 is 31.2. The molecule has 31 heavy (non-hydrogen) atoms. The molecule has 2 aromatic rings. The van der Waals surface area contributed by atoms with E-state index in [1.165, 1.54) is 0 Å². The summed E-state index contributed by atoms with van der Waals surface area (Å²) >= 11 is 0. The highest BCUT2D eigenvalue weighted by Crippen LogP contribution is 2.39. The molecule has 0 aromatic heterocycles. The molecule has 0 saturated carbocycles. The van der Waals surface area contributed by atoms with Crippen LogP contribution in [0.25, 0.3) is 0 Å². The summed E-state index contributed by atoms with van der Waals surface area (Å²) in [5, 5.41) is 2.03. The quantitative estimate of drug-likeness (QED) is 0.743. The minimum absolute atomic E-state index is 0.114. The minimum Gasteiger partial charge on any atom is -0.445 e. The first-order valence-corrected chi connectivity index (χ1v) is 12.0. The molecule has 2 aliphatic heterocycles. The van der Waals surface area contributed by atoms with E-state index in [0.717, 1.165) is 18.4 Å². The van der Waals surface area contributed by atoms with E-state index in [-0.39, 0.29) is 31.1 Å². The molecule has 2 heterocycles. The number of fused-ring (bicyclic) bond motifs is 2. The van der Waals surface area contributed by atoms with Crippen molar-refractivity contribution < 1.29 is 22.7 Å². The van der Waals surface area contributed by atoms with Gasteiger partial charge >= 0.3 is 6.09 Å². The molecular formula is C23H26N2O5S. The molecule has 1 unspecified atom stereocenters. The summed E-state index contributed by atoms with van der Waals surface area (Å²) in [6.45, 7) is -0.0222. The zero-order chi connectivity index (χ0) is 21.8. The van der Waals surface area contributed by atoms with E-state index in [0.29, 0.717) is 17.7 Å². The largest absolute Gasteiger partial charge is 0.445 e. The maximum atomic E-state index is 13.0. The fourth-order valence-electron chi connectivity index (χ4n) is 4.60. The summed E-state index contributed by atoms with van der Waals surface area (Å²) in [4.78, 5) is 26.8. The van der Waals surface area contributed by atoms with Crippen LogP contribution >= 0.6 is 0 Å². The van der Waals surface area contributed by atoms with Gasteiger partial charge in [0.05, 0.1) is 10.1 Å². The number of rotatable bonds is 6. The number of carbonyl (C=O) groups is 2.